The van der Waals surface area contributed by atoms with Crippen molar-refractivity contribution < 1.29 is 4.79 Å². The van der Waals surface area contributed by atoms with Crippen LogP contribution in [0, 0.1) is 0 Å². The lowest BCUT2D eigenvalue weighted by molar-refractivity contribution is -0.115. The fourth-order valence-corrected chi connectivity index (χ4v) is 2.36. The lowest BCUT2D eigenvalue weighted by atomic mass is 10.1. The third kappa shape index (κ3) is 3.57. The van der Waals surface area contributed by atoms with E-state index >= 15 is 0 Å². The summed E-state index contributed by atoms with van der Waals surface area (Å²) in [5.74, 6) is -0.0674. The van der Waals surface area contributed by atoms with Gasteiger partial charge in [0.1, 0.15) is 0 Å². The van der Waals surface area contributed by atoms with Gasteiger partial charge in [0.2, 0.25) is 11.1 Å². The average molecular weight is 291 g/mol. The van der Waals surface area contributed by atoms with Crippen molar-refractivity contribution in [3.8, 4) is 0 Å². The van der Waals surface area contributed by atoms with E-state index < -0.39 is 0 Å². The molecule has 0 aliphatic carbocycles. The van der Waals surface area contributed by atoms with Gasteiger partial charge in [-0.25, -0.2) is 4.68 Å². The molecule has 20 heavy (non-hydrogen) atoms. The molecule has 0 radical (unpaired) electrons. The van der Waals surface area contributed by atoms with Crippen molar-refractivity contribution in [2.75, 3.05) is 5.32 Å². The second-order valence-corrected chi connectivity index (χ2v) is 5.69. The van der Waals surface area contributed by atoms with Gasteiger partial charge in [-0.3, -0.25) is 4.79 Å². The Labute approximate surface area is 121 Å². The monoisotopic (exact) mass is 291 g/mol. The van der Waals surface area contributed by atoms with Crippen LogP contribution in [0.25, 0.3) is 0 Å². The molecule has 0 bridgehead atoms. The van der Waals surface area contributed by atoms with E-state index in [-0.39, 0.29) is 11.2 Å². The standard InChI is InChI=1S/C13H17N5OS/c1-4-10-5-7-11(8-6-10)14-12(19)9(2)20-13-15-16-17-18(13)3/h5-9H,4H2,1-3H3,(H,14,19). The summed E-state index contributed by atoms with van der Waals surface area (Å²) in [4.78, 5) is 12.1. The van der Waals surface area contributed by atoms with Crippen molar-refractivity contribution in [3.05, 3.63) is 29.8 Å². The number of hydrogen-bond donors (Lipinski definition) is 1. The highest BCUT2D eigenvalue weighted by Gasteiger charge is 2.17. The van der Waals surface area contributed by atoms with Gasteiger partial charge in [0.25, 0.3) is 0 Å². The van der Waals surface area contributed by atoms with E-state index in [2.05, 4.69) is 27.8 Å². The van der Waals surface area contributed by atoms with E-state index in [1.807, 2.05) is 31.2 Å². The quantitative estimate of drug-likeness (QED) is 0.852. The van der Waals surface area contributed by atoms with Crippen molar-refractivity contribution in [2.24, 2.45) is 7.05 Å². The number of carbonyl (C=O) groups excluding carboxylic acids is 1. The second-order valence-electron chi connectivity index (χ2n) is 4.38. The topological polar surface area (TPSA) is 72.7 Å². The molecule has 1 aromatic carbocycles. The maximum absolute atomic E-state index is 12.1. The zero-order chi connectivity index (χ0) is 14.5. The van der Waals surface area contributed by atoms with Gasteiger partial charge in [-0.1, -0.05) is 30.8 Å². The average Bonchev–Trinajstić information content (AvgIpc) is 2.85. The number of benzene rings is 1. The van der Waals surface area contributed by atoms with Crippen LogP contribution in [0.5, 0.6) is 0 Å². The molecule has 1 unspecified atom stereocenters. The van der Waals surface area contributed by atoms with Gasteiger partial charge in [0.05, 0.1) is 5.25 Å². The van der Waals surface area contributed by atoms with Gasteiger partial charge in [-0.15, -0.1) is 5.10 Å². The van der Waals surface area contributed by atoms with E-state index in [1.54, 1.807) is 11.7 Å². The molecule has 0 saturated heterocycles. The number of amides is 1. The van der Waals surface area contributed by atoms with Crippen molar-refractivity contribution >= 4 is 23.4 Å². The molecule has 2 aromatic rings. The number of aromatic nitrogens is 4. The zero-order valence-electron chi connectivity index (χ0n) is 11.7. The maximum Gasteiger partial charge on any atom is 0.237 e. The van der Waals surface area contributed by atoms with Crippen molar-refractivity contribution in [2.45, 2.75) is 30.7 Å². The number of thioether (sulfide) groups is 1. The summed E-state index contributed by atoms with van der Waals surface area (Å²) in [6.45, 7) is 3.93. The number of anilines is 1. The Morgan fingerprint density at radius 1 is 1.40 bits per heavy atom. The predicted octanol–water partition coefficient (Wildman–Crippen LogP) is 1.89. The summed E-state index contributed by atoms with van der Waals surface area (Å²) >= 11 is 1.33. The van der Waals surface area contributed by atoms with Gasteiger partial charge in [0, 0.05) is 12.7 Å². The minimum atomic E-state index is -0.273. The summed E-state index contributed by atoms with van der Waals surface area (Å²) in [6.07, 6.45) is 0.986. The molecule has 1 aromatic heterocycles. The van der Waals surface area contributed by atoms with Crippen LogP contribution in [-0.2, 0) is 18.3 Å². The van der Waals surface area contributed by atoms with E-state index in [9.17, 15) is 4.79 Å². The highest BCUT2D eigenvalue weighted by Crippen LogP contribution is 2.21. The van der Waals surface area contributed by atoms with E-state index in [4.69, 9.17) is 0 Å². The maximum atomic E-state index is 12.1. The summed E-state index contributed by atoms with van der Waals surface area (Å²) in [7, 11) is 1.75. The van der Waals surface area contributed by atoms with Crippen molar-refractivity contribution in [1.82, 2.24) is 20.2 Å². The molecule has 1 atom stereocenters. The lowest BCUT2D eigenvalue weighted by Gasteiger charge is -2.11. The van der Waals surface area contributed by atoms with Crippen LogP contribution in [0.4, 0.5) is 5.69 Å². The van der Waals surface area contributed by atoms with Crippen LogP contribution in [0.2, 0.25) is 0 Å². The van der Waals surface area contributed by atoms with Gasteiger partial charge in [-0.05, 0) is 41.5 Å². The third-order valence-electron chi connectivity index (χ3n) is 2.86. The largest absolute Gasteiger partial charge is 0.325 e. The predicted molar refractivity (Wildman–Crippen MR) is 78.6 cm³/mol. The second kappa shape index (κ2) is 6.51. The smallest absolute Gasteiger partial charge is 0.237 e. The molecule has 0 aliphatic rings. The van der Waals surface area contributed by atoms with Gasteiger partial charge in [0.15, 0.2) is 0 Å². The first-order valence-electron chi connectivity index (χ1n) is 6.39. The molecule has 6 nitrogen and oxygen atoms in total. The van der Waals surface area contributed by atoms with Gasteiger partial charge in [-0.2, -0.15) is 0 Å². The van der Waals surface area contributed by atoms with E-state index in [0.717, 1.165) is 12.1 Å². The molecule has 1 N–H and O–H groups in total. The Balaban J connectivity index is 1.95. The number of nitrogens with one attached hydrogen (secondary N) is 1. The lowest BCUT2D eigenvalue weighted by Crippen LogP contribution is -2.22. The normalized spacial score (nSPS) is 12.2. The van der Waals surface area contributed by atoms with Crippen LogP contribution in [0.3, 0.4) is 0 Å². The van der Waals surface area contributed by atoms with E-state index in [1.165, 1.54) is 17.3 Å². The van der Waals surface area contributed by atoms with Crippen LogP contribution in [0.1, 0.15) is 19.4 Å². The number of hydrogen-bond acceptors (Lipinski definition) is 5. The number of nitrogens with zero attached hydrogens (tertiary/aromatic N) is 4. The highest BCUT2D eigenvalue weighted by atomic mass is 32.2. The Kier molecular flexibility index (Phi) is 4.73. The molecule has 106 valence electrons. The molecule has 1 amide bonds. The Hall–Kier alpha value is -1.89. The summed E-state index contributed by atoms with van der Waals surface area (Å²) in [5.41, 5.74) is 2.05. The first kappa shape index (κ1) is 14.5. The van der Waals surface area contributed by atoms with Crippen LogP contribution < -0.4 is 5.32 Å². The molecule has 0 fully saturated rings. The summed E-state index contributed by atoms with van der Waals surface area (Å²) in [6, 6.07) is 7.86. The van der Waals surface area contributed by atoms with Crippen molar-refractivity contribution in [3.63, 3.8) is 0 Å². The van der Waals surface area contributed by atoms with Gasteiger partial charge < -0.3 is 5.32 Å². The molecular formula is C13H17N5OS. The van der Waals surface area contributed by atoms with Crippen LogP contribution in [0.15, 0.2) is 29.4 Å². The fraction of sp³-hybridized carbons (Fsp3) is 0.385. The molecular weight excluding hydrogens is 274 g/mol. The Bertz CT molecular complexity index is 581. The number of tetrazole rings is 1. The van der Waals surface area contributed by atoms with Crippen LogP contribution in [-0.4, -0.2) is 31.4 Å². The summed E-state index contributed by atoms with van der Waals surface area (Å²) in [5, 5.41) is 14.4. The molecule has 0 spiro atoms. The third-order valence-corrected chi connectivity index (χ3v) is 3.99. The zero-order valence-corrected chi connectivity index (χ0v) is 12.5. The Morgan fingerprint density at radius 2 is 2.10 bits per heavy atom. The molecule has 7 heteroatoms. The minimum Gasteiger partial charge on any atom is -0.325 e. The van der Waals surface area contributed by atoms with Crippen molar-refractivity contribution in [1.29, 1.82) is 0 Å². The fourth-order valence-electron chi connectivity index (χ4n) is 1.60. The SMILES string of the molecule is CCc1ccc(NC(=O)C(C)Sc2nnnn2C)cc1. The number of aryl methyl sites for hydroxylation is 2. The summed E-state index contributed by atoms with van der Waals surface area (Å²) < 4.78 is 1.55. The first-order valence-corrected chi connectivity index (χ1v) is 7.27. The Morgan fingerprint density at radius 3 is 2.65 bits per heavy atom. The number of carbonyl (C=O) groups is 1. The van der Waals surface area contributed by atoms with Crippen LogP contribution >= 0.6 is 11.8 Å². The highest BCUT2D eigenvalue weighted by molar-refractivity contribution is 8.00. The number of rotatable bonds is 5. The molecule has 1 heterocycles. The first-order chi connectivity index (χ1) is 9.60. The minimum absolute atomic E-state index is 0.0674. The molecule has 0 aliphatic heterocycles. The molecule has 0 saturated carbocycles. The van der Waals surface area contributed by atoms with E-state index in [0.29, 0.717) is 5.16 Å². The van der Waals surface area contributed by atoms with Gasteiger partial charge >= 0.3 is 0 Å². The molecule has 2 rings (SSSR count).